The minimum Gasteiger partial charge on any atom is -0.491 e. The number of rotatable bonds is 1. The van der Waals surface area contributed by atoms with Gasteiger partial charge in [-0.25, -0.2) is 4.79 Å². The Bertz CT molecular complexity index is 736. The molecule has 0 saturated carbocycles. The van der Waals surface area contributed by atoms with E-state index in [1.54, 1.807) is 25.2 Å². The maximum absolute atomic E-state index is 12.5. The maximum atomic E-state index is 12.5. The zero-order valence-electron chi connectivity index (χ0n) is 15.3. The first kappa shape index (κ1) is 20.2. The highest BCUT2D eigenvalue weighted by atomic mass is 16.5. The van der Waals surface area contributed by atoms with Crippen molar-refractivity contribution in [3.63, 3.8) is 0 Å². The molecular weight excluding hydrogens is 354 g/mol. The molecule has 2 rings (SSSR count). The molecule has 0 unspecified atom stereocenters. The Morgan fingerprint density at radius 2 is 1.85 bits per heavy atom. The second kappa shape index (κ2) is 9.02. The van der Waals surface area contributed by atoms with Gasteiger partial charge in [0.2, 0.25) is 11.8 Å². The quantitative estimate of drug-likeness (QED) is 0.709. The number of ether oxygens (including phenoxy) is 1. The van der Waals surface area contributed by atoms with Gasteiger partial charge in [0, 0.05) is 20.5 Å². The Hall–Kier alpha value is -3.10. The van der Waals surface area contributed by atoms with Crippen LogP contribution in [0.2, 0.25) is 0 Å². The van der Waals surface area contributed by atoms with Crippen molar-refractivity contribution in [1.29, 1.82) is 0 Å². The summed E-state index contributed by atoms with van der Waals surface area (Å²) < 4.78 is 5.61. The smallest absolute Gasteiger partial charge is 0.326 e. The van der Waals surface area contributed by atoms with Crippen molar-refractivity contribution in [3.8, 4) is 5.75 Å². The first-order valence-electron chi connectivity index (χ1n) is 8.53. The third-order valence-electron chi connectivity index (χ3n) is 4.29. The zero-order valence-corrected chi connectivity index (χ0v) is 15.3. The van der Waals surface area contributed by atoms with Gasteiger partial charge in [-0.15, -0.1) is 0 Å². The third-order valence-corrected chi connectivity index (χ3v) is 4.29. The fourth-order valence-electron chi connectivity index (χ4n) is 2.56. The highest BCUT2D eigenvalue weighted by molar-refractivity contribution is 5.99. The number of fused-ring (bicyclic) bond motifs is 1. The van der Waals surface area contributed by atoms with Crippen LogP contribution in [0.5, 0.6) is 5.75 Å². The molecule has 0 bridgehead atoms. The number of carboxylic acid groups (broad SMARTS) is 1. The maximum Gasteiger partial charge on any atom is 0.326 e. The summed E-state index contributed by atoms with van der Waals surface area (Å²) in [5.41, 5.74) is 0.191. The largest absolute Gasteiger partial charge is 0.491 e. The Morgan fingerprint density at radius 3 is 2.56 bits per heavy atom. The van der Waals surface area contributed by atoms with Crippen molar-refractivity contribution in [1.82, 2.24) is 15.1 Å². The topological polar surface area (TPSA) is 116 Å². The van der Waals surface area contributed by atoms with E-state index in [0.29, 0.717) is 5.75 Å². The minimum atomic E-state index is -1.24. The molecule has 0 saturated heterocycles. The molecule has 27 heavy (non-hydrogen) atoms. The van der Waals surface area contributed by atoms with E-state index in [1.807, 2.05) is 0 Å². The molecule has 1 aromatic rings. The Kier molecular flexibility index (Phi) is 6.75. The molecule has 1 heterocycles. The van der Waals surface area contributed by atoms with Crippen LogP contribution in [0.1, 0.15) is 23.2 Å². The predicted molar refractivity (Wildman–Crippen MR) is 95.3 cm³/mol. The van der Waals surface area contributed by atoms with Gasteiger partial charge in [-0.05, 0) is 18.6 Å². The lowest BCUT2D eigenvalue weighted by atomic mass is 10.1. The fourth-order valence-corrected chi connectivity index (χ4v) is 2.56. The number of nitrogens with zero attached hydrogens (tertiary/aromatic N) is 2. The lowest BCUT2D eigenvalue weighted by Crippen LogP contribution is -2.43. The number of hydrogen-bond donors (Lipinski definition) is 2. The highest BCUT2D eigenvalue weighted by Gasteiger charge is 2.25. The van der Waals surface area contributed by atoms with Crippen LogP contribution >= 0.6 is 0 Å². The summed E-state index contributed by atoms with van der Waals surface area (Å²) in [6.07, 6.45) is -0.194. The van der Waals surface area contributed by atoms with Gasteiger partial charge in [-0.1, -0.05) is 12.1 Å². The summed E-state index contributed by atoms with van der Waals surface area (Å²) in [5.74, 6) is -2.18. The first-order chi connectivity index (χ1) is 12.8. The Labute approximate surface area is 156 Å². The highest BCUT2D eigenvalue weighted by Crippen LogP contribution is 2.18. The summed E-state index contributed by atoms with van der Waals surface area (Å²) in [6, 6.07) is 5.22. The van der Waals surface area contributed by atoms with Crippen LogP contribution in [-0.4, -0.2) is 78.4 Å². The molecule has 0 spiro atoms. The second-order valence-corrected chi connectivity index (χ2v) is 6.31. The molecule has 1 aliphatic heterocycles. The van der Waals surface area contributed by atoms with E-state index in [1.165, 1.54) is 22.9 Å². The number of carbonyl (C=O) groups is 4. The number of amides is 3. The van der Waals surface area contributed by atoms with Gasteiger partial charge in [-0.2, -0.15) is 0 Å². The number of carbonyl (C=O) groups excluding carboxylic acids is 3. The second-order valence-electron chi connectivity index (χ2n) is 6.31. The minimum absolute atomic E-state index is 0.0860. The van der Waals surface area contributed by atoms with Gasteiger partial charge in [0.1, 0.15) is 18.4 Å². The summed E-state index contributed by atoms with van der Waals surface area (Å²) in [7, 11) is 3.08. The average Bonchev–Trinajstić information content (AvgIpc) is 2.63. The van der Waals surface area contributed by atoms with Crippen molar-refractivity contribution in [2.24, 2.45) is 0 Å². The molecule has 0 aromatic heterocycles. The predicted octanol–water partition coefficient (Wildman–Crippen LogP) is -0.0410. The van der Waals surface area contributed by atoms with Gasteiger partial charge >= 0.3 is 5.97 Å². The third kappa shape index (κ3) is 5.44. The molecule has 2 N–H and O–H groups in total. The van der Waals surface area contributed by atoms with E-state index in [0.717, 1.165) is 0 Å². The lowest BCUT2D eigenvalue weighted by molar-refractivity contribution is -0.141. The molecule has 1 atom stereocenters. The molecule has 0 fully saturated rings. The number of para-hydroxylation sites is 1. The van der Waals surface area contributed by atoms with Crippen LogP contribution in [0.3, 0.4) is 0 Å². The molecule has 146 valence electrons. The number of aliphatic carboxylic acids is 1. The molecule has 9 nitrogen and oxygen atoms in total. The first-order valence-corrected chi connectivity index (χ1v) is 8.53. The number of hydrogen-bond acceptors (Lipinski definition) is 5. The fraction of sp³-hybridized carbons (Fsp3) is 0.444. The van der Waals surface area contributed by atoms with Crippen LogP contribution in [0.4, 0.5) is 0 Å². The number of benzene rings is 1. The average molecular weight is 377 g/mol. The monoisotopic (exact) mass is 377 g/mol. The molecular formula is C18H23N3O6. The Morgan fingerprint density at radius 1 is 1.15 bits per heavy atom. The summed E-state index contributed by atoms with van der Waals surface area (Å²) >= 11 is 0. The van der Waals surface area contributed by atoms with Crippen LogP contribution in [0, 0.1) is 0 Å². The van der Waals surface area contributed by atoms with E-state index in [2.05, 4.69) is 5.32 Å². The van der Waals surface area contributed by atoms with Crippen LogP contribution in [0.15, 0.2) is 24.3 Å². The van der Waals surface area contributed by atoms with Gasteiger partial charge < -0.3 is 25.0 Å². The molecule has 0 radical (unpaired) electrons. The SMILES string of the molecule is CN1CCOc2ccccc2C(=O)N[C@H](C(=O)O)CCC(=O)N(C)CC1=O. The standard InChI is InChI=1S/C18H23N3O6/c1-20-9-10-27-14-6-4-3-5-12(14)17(24)19-13(18(25)26)7-8-15(22)21(2)11-16(20)23/h3-6,13H,7-11H2,1-2H3,(H,19,24)(H,25,26)/t13-/m0/s1. The normalized spacial score (nSPS) is 20.1. The van der Waals surface area contributed by atoms with E-state index >= 15 is 0 Å². The lowest BCUT2D eigenvalue weighted by Gasteiger charge is -2.22. The van der Waals surface area contributed by atoms with Crippen LogP contribution < -0.4 is 10.1 Å². The molecule has 3 amide bonds. The molecule has 1 aromatic carbocycles. The Balaban J connectivity index is 2.28. The van der Waals surface area contributed by atoms with E-state index in [4.69, 9.17) is 4.74 Å². The van der Waals surface area contributed by atoms with Crippen molar-refractivity contribution in [2.45, 2.75) is 18.9 Å². The van der Waals surface area contributed by atoms with Crippen LogP contribution in [-0.2, 0) is 14.4 Å². The van der Waals surface area contributed by atoms with Crippen molar-refractivity contribution in [3.05, 3.63) is 29.8 Å². The number of nitrogens with one attached hydrogen (secondary N) is 1. The number of likely N-dealkylation sites (N-methyl/N-ethyl adjacent to an activating group) is 2. The van der Waals surface area contributed by atoms with Crippen LogP contribution in [0.25, 0.3) is 0 Å². The molecule has 0 aliphatic carbocycles. The molecule has 1 aliphatic rings. The summed E-state index contributed by atoms with van der Waals surface area (Å²) in [5, 5.41) is 11.8. The van der Waals surface area contributed by atoms with Gasteiger partial charge in [0.15, 0.2) is 0 Å². The van der Waals surface area contributed by atoms with Crippen molar-refractivity contribution >= 4 is 23.7 Å². The van der Waals surface area contributed by atoms with Gasteiger partial charge in [0.05, 0.1) is 18.7 Å². The molecule has 9 heteroatoms. The van der Waals surface area contributed by atoms with Gasteiger partial charge in [0.25, 0.3) is 5.91 Å². The number of carboxylic acids is 1. The zero-order chi connectivity index (χ0) is 20.0. The summed E-state index contributed by atoms with van der Waals surface area (Å²) in [6.45, 7) is 0.303. The van der Waals surface area contributed by atoms with Crippen molar-refractivity contribution < 1.29 is 29.0 Å². The van der Waals surface area contributed by atoms with E-state index in [-0.39, 0.29) is 49.9 Å². The van der Waals surface area contributed by atoms with Gasteiger partial charge in [-0.3, -0.25) is 14.4 Å². The van der Waals surface area contributed by atoms with Crippen molar-refractivity contribution in [2.75, 3.05) is 33.8 Å². The summed E-state index contributed by atoms with van der Waals surface area (Å²) in [4.78, 5) is 51.0. The van der Waals surface area contributed by atoms with E-state index < -0.39 is 17.9 Å². The van der Waals surface area contributed by atoms with E-state index in [9.17, 15) is 24.3 Å².